The number of rotatable bonds is 4. The summed E-state index contributed by atoms with van der Waals surface area (Å²) in [7, 11) is 3.36. The van der Waals surface area contributed by atoms with E-state index in [2.05, 4.69) is 0 Å². The van der Waals surface area contributed by atoms with Gasteiger partial charge < -0.3 is 9.64 Å². The quantitative estimate of drug-likeness (QED) is 0.860. The topological polar surface area (TPSA) is 29.5 Å². The summed E-state index contributed by atoms with van der Waals surface area (Å²) in [5.74, 6) is 0.690. The van der Waals surface area contributed by atoms with Crippen LogP contribution in [-0.4, -0.2) is 25.0 Å². The number of ether oxygens (including phenoxy) is 1. The number of benzene rings is 2. The predicted octanol–water partition coefficient (Wildman–Crippen LogP) is 3.62. The molecular formula is C16H16ClNO2. The zero-order chi connectivity index (χ0) is 14.5. The van der Waals surface area contributed by atoms with E-state index >= 15 is 0 Å². The average Bonchev–Trinajstić information content (AvgIpc) is 2.47. The van der Waals surface area contributed by atoms with E-state index in [1.807, 2.05) is 24.3 Å². The van der Waals surface area contributed by atoms with Crippen LogP contribution in [0.15, 0.2) is 48.5 Å². The van der Waals surface area contributed by atoms with Crippen molar-refractivity contribution in [3.8, 4) is 5.75 Å². The summed E-state index contributed by atoms with van der Waals surface area (Å²) in [5, 5.41) is 0.626. The molecule has 0 saturated heterocycles. The van der Waals surface area contributed by atoms with Crippen molar-refractivity contribution < 1.29 is 9.53 Å². The molecule has 0 aliphatic heterocycles. The number of nitrogens with zero attached hydrogens (tertiary/aromatic N) is 1. The molecule has 20 heavy (non-hydrogen) atoms. The van der Waals surface area contributed by atoms with Crippen LogP contribution in [0.25, 0.3) is 0 Å². The molecule has 0 radical (unpaired) electrons. The monoisotopic (exact) mass is 289 g/mol. The van der Waals surface area contributed by atoms with Crippen LogP contribution in [0.1, 0.15) is 15.9 Å². The van der Waals surface area contributed by atoms with Crippen LogP contribution >= 0.6 is 11.6 Å². The van der Waals surface area contributed by atoms with Crippen LogP contribution in [0, 0.1) is 0 Å². The second-order valence-electron chi connectivity index (χ2n) is 4.48. The first kappa shape index (κ1) is 14.4. The van der Waals surface area contributed by atoms with Crippen LogP contribution < -0.4 is 4.74 Å². The first-order valence-corrected chi connectivity index (χ1v) is 6.62. The van der Waals surface area contributed by atoms with E-state index in [0.717, 1.165) is 11.3 Å². The summed E-state index contributed by atoms with van der Waals surface area (Å²) in [6.45, 7) is 0.442. The number of amides is 1. The van der Waals surface area contributed by atoms with E-state index in [1.165, 1.54) is 0 Å². The minimum Gasteiger partial charge on any atom is -0.496 e. The fourth-order valence-electron chi connectivity index (χ4n) is 2.00. The number of hydrogen-bond donors (Lipinski definition) is 0. The summed E-state index contributed by atoms with van der Waals surface area (Å²) >= 11 is 5.99. The Labute approximate surface area is 123 Å². The van der Waals surface area contributed by atoms with Gasteiger partial charge in [-0.1, -0.05) is 29.8 Å². The van der Waals surface area contributed by atoms with Crippen LogP contribution in [0.3, 0.4) is 0 Å². The van der Waals surface area contributed by atoms with Gasteiger partial charge in [-0.05, 0) is 30.3 Å². The molecule has 0 atom stereocenters. The maximum absolute atomic E-state index is 12.3. The highest BCUT2D eigenvalue weighted by atomic mass is 35.5. The van der Waals surface area contributed by atoms with Gasteiger partial charge in [0.05, 0.1) is 7.11 Å². The molecule has 0 aliphatic carbocycles. The highest BCUT2D eigenvalue weighted by molar-refractivity contribution is 6.30. The first-order valence-electron chi connectivity index (χ1n) is 6.24. The van der Waals surface area contributed by atoms with E-state index in [0.29, 0.717) is 17.1 Å². The third kappa shape index (κ3) is 3.31. The lowest BCUT2D eigenvalue weighted by Crippen LogP contribution is -2.26. The Bertz CT molecular complexity index is 599. The van der Waals surface area contributed by atoms with E-state index in [1.54, 1.807) is 43.3 Å². The van der Waals surface area contributed by atoms with Gasteiger partial charge in [0.25, 0.3) is 5.91 Å². The van der Waals surface area contributed by atoms with E-state index in [-0.39, 0.29) is 5.91 Å². The van der Waals surface area contributed by atoms with Crippen molar-refractivity contribution in [2.45, 2.75) is 6.54 Å². The molecule has 0 N–H and O–H groups in total. The third-order valence-electron chi connectivity index (χ3n) is 3.02. The maximum Gasteiger partial charge on any atom is 0.253 e. The van der Waals surface area contributed by atoms with E-state index < -0.39 is 0 Å². The van der Waals surface area contributed by atoms with Crippen molar-refractivity contribution in [2.24, 2.45) is 0 Å². The number of carbonyl (C=O) groups excluding carboxylic acids is 1. The molecule has 1 amide bonds. The molecule has 0 spiro atoms. The smallest absolute Gasteiger partial charge is 0.253 e. The van der Waals surface area contributed by atoms with Gasteiger partial charge in [-0.2, -0.15) is 0 Å². The molecule has 0 aliphatic rings. The van der Waals surface area contributed by atoms with Gasteiger partial charge >= 0.3 is 0 Å². The number of carbonyl (C=O) groups is 1. The molecule has 0 bridgehead atoms. The van der Waals surface area contributed by atoms with E-state index in [9.17, 15) is 4.79 Å². The zero-order valence-corrected chi connectivity index (χ0v) is 12.2. The Morgan fingerprint density at radius 2 is 1.90 bits per heavy atom. The number of methoxy groups -OCH3 is 1. The predicted molar refractivity (Wildman–Crippen MR) is 80.2 cm³/mol. The molecule has 0 fully saturated rings. The van der Waals surface area contributed by atoms with Gasteiger partial charge in [-0.15, -0.1) is 0 Å². The summed E-state index contributed by atoms with van der Waals surface area (Å²) in [5.41, 5.74) is 1.54. The van der Waals surface area contributed by atoms with Gasteiger partial charge in [0.1, 0.15) is 5.75 Å². The SMILES string of the molecule is COc1ccc(Cl)cc1CN(C)C(=O)c1ccccc1. The highest BCUT2D eigenvalue weighted by Gasteiger charge is 2.14. The third-order valence-corrected chi connectivity index (χ3v) is 3.25. The van der Waals surface area contributed by atoms with Gasteiger partial charge in [0.2, 0.25) is 0 Å². The number of hydrogen-bond acceptors (Lipinski definition) is 2. The zero-order valence-electron chi connectivity index (χ0n) is 11.5. The molecule has 0 saturated carbocycles. The van der Waals surface area contributed by atoms with Crippen molar-refractivity contribution >= 4 is 17.5 Å². The van der Waals surface area contributed by atoms with Crippen LogP contribution in [0.2, 0.25) is 5.02 Å². The van der Waals surface area contributed by atoms with Crippen molar-refractivity contribution in [3.63, 3.8) is 0 Å². The van der Waals surface area contributed by atoms with Crippen LogP contribution in [0.5, 0.6) is 5.75 Å². The second-order valence-corrected chi connectivity index (χ2v) is 4.92. The normalized spacial score (nSPS) is 10.2. The standard InChI is InChI=1S/C16H16ClNO2/c1-18(16(19)12-6-4-3-5-7-12)11-13-10-14(17)8-9-15(13)20-2/h3-10H,11H2,1-2H3. The Kier molecular flexibility index (Phi) is 4.64. The molecular weight excluding hydrogens is 274 g/mol. The van der Waals surface area contributed by atoms with Crippen LogP contribution in [-0.2, 0) is 6.54 Å². The van der Waals surface area contributed by atoms with Gasteiger partial charge in [-0.3, -0.25) is 4.79 Å². The summed E-state index contributed by atoms with van der Waals surface area (Å²) in [4.78, 5) is 13.9. The largest absolute Gasteiger partial charge is 0.496 e. The molecule has 2 aromatic carbocycles. The fourth-order valence-corrected chi connectivity index (χ4v) is 2.19. The molecule has 4 heteroatoms. The maximum atomic E-state index is 12.3. The number of halogens is 1. The van der Waals surface area contributed by atoms with Gasteiger partial charge in [0, 0.05) is 29.7 Å². The summed E-state index contributed by atoms with van der Waals surface area (Å²) < 4.78 is 5.29. The lowest BCUT2D eigenvalue weighted by Gasteiger charge is -2.19. The molecule has 104 valence electrons. The minimum atomic E-state index is -0.0346. The van der Waals surface area contributed by atoms with Gasteiger partial charge in [-0.25, -0.2) is 0 Å². The second kappa shape index (κ2) is 6.44. The minimum absolute atomic E-state index is 0.0346. The Balaban J connectivity index is 2.17. The molecule has 2 aromatic rings. The Morgan fingerprint density at radius 3 is 2.55 bits per heavy atom. The lowest BCUT2D eigenvalue weighted by atomic mass is 10.1. The summed E-state index contributed by atoms with van der Waals surface area (Å²) in [6, 6.07) is 14.6. The molecule has 2 rings (SSSR count). The Morgan fingerprint density at radius 1 is 1.20 bits per heavy atom. The van der Waals surface area contributed by atoms with Crippen molar-refractivity contribution in [3.05, 3.63) is 64.7 Å². The molecule has 0 aromatic heterocycles. The van der Waals surface area contributed by atoms with Crippen molar-refractivity contribution in [2.75, 3.05) is 14.2 Å². The Hall–Kier alpha value is -2.00. The van der Waals surface area contributed by atoms with E-state index in [4.69, 9.17) is 16.3 Å². The lowest BCUT2D eigenvalue weighted by molar-refractivity contribution is 0.0784. The van der Waals surface area contributed by atoms with Gasteiger partial charge in [0.15, 0.2) is 0 Å². The highest BCUT2D eigenvalue weighted by Crippen LogP contribution is 2.24. The average molecular weight is 290 g/mol. The first-order chi connectivity index (χ1) is 9.61. The molecule has 0 heterocycles. The fraction of sp³-hybridized carbons (Fsp3) is 0.188. The summed E-state index contributed by atoms with van der Waals surface area (Å²) in [6.07, 6.45) is 0. The molecule has 0 unspecified atom stereocenters. The van der Waals surface area contributed by atoms with Crippen molar-refractivity contribution in [1.29, 1.82) is 0 Å². The van der Waals surface area contributed by atoms with Crippen LogP contribution in [0.4, 0.5) is 0 Å². The molecule has 3 nitrogen and oxygen atoms in total. The van der Waals surface area contributed by atoms with Crippen molar-refractivity contribution in [1.82, 2.24) is 4.90 Å².